The molecule has 3 aliphatic rings. The van der Waals surface area contributed by atoms with Crippen molar-refractivity contribution in [1.82, 2.24) is 5.32 Å². The average Bonchev–Trinajstić information content (AvgIpc) is 2.53. The Morgan fingerprint density at radius 1 is 1.31 bits per heavy atom. The van der Waals surface area contributed by atoms with Gasteiger partial charge in [0, 0.05) is 18.6 Å². The summed E-state index contributed by atoms with van der Waals surface area (Å²) >= 11 is 0. The second kappa shape index (κ2) is 2.71. The maximum absolute atomic E-state index is 11.6. The summed E-state index contributed by atoms with van der Waals surface area (Å²) in [6, 6.07) is 0.480. The Hall–Kier alpha value is -0.570. The summed E-state index contributed by atoms with van der Waals surface area (Å²) in [6.45, 7) is 0.864. The van der Waals surface area contributed by atoms with Crippen LogP contribution in [0.3, 0.4) is 0 Å². The molecule has 1 amide bonds. The molecule has 3 nitrogen and oxygen atoms in total. The lowest BCUT2D eigenvalue weighted by Gasteiger charge is -2.26. The summed E-state index contributed by atoms with van der Waals surface area (Å²) in [6.07, 6.45) is 5.00. The minimum absolute atomic E-state index is 0.203. The zero-order valence-electron chi connectivity index (χ0n) is 7.66. The van der Waals surface area contributed by atoms with Gasteiger partial charge in [-0.2, -0.15) is 0 Å². The SMILES string of the molecule is O=C(NC1CCC1)C1C2CCOC21. The van der Waals surface area contributed by atoms with Gasteiger partial charge >= 0.3 is 0 Å². The lowest BCUT2D eigenvalue weighted by molar-refractivity contribution is -0.125. The van der Waals surface area contributed by atoms with Crippen LogP contribution in [0.25, 0.3) is 0 Å². The van der Waals surface area contributed by atoms with Gasteiger partial charge in [-0.05, 0) is 25.7 Å². The fraction of sp³-hybridized carbons (Fsp3) is 0.900. The van der Waals surface area contributed by atoms with E-state index in [9.17, 15) is 4.79 Å². The third-order valence-corrected chi connectivity index (χ3v) is 3.61. The number of hydrogen-bond donors (Lipinski definition) is 1. The summed E-state index contributed by atoms with van der Waals surface area (Å²) in [5.74, 6) is 1.01. The van der Waals surface area contributed by atoms with E-state index in [4.69, 9.17) is 4.74 Å². The largest absolute Gasteiger partial charge is 0.377 e. The molecule has 2 aliphatic carbocycles. The fourth-order valence-electron chi connectivity index (χ4n) is 2.45. The summed E-state index contributed by atoms with van der Waals surface area (Å²) in [5, 5.41) is 3.09. The van der Waals surface area contributed by atoms with Crippen LogP contribution in [0.1, 0.15) is 25.7 Å². The lowest BCUT2D eigenvalue weighted by atomic mass is 9.93. The Balaban J connectivity index is 1.52. The Bertz CT molecular complexity index is 227. The van der Waals surface area contributed by atoms with Crippen molar-refractivity contribution >= 4 is 5.91 Å². The van der Waals surface area contributed by atoms with Crippen LogP contribution in [0.2, 0.25) is 0 Å². The molecule has 0 radical (unpaired) electrons. The Morgan fingerprint density at radius 3 is 2.69 bits per heavy atom. The molecule has 0 spiro atoms. The molecule has 1 aliphatic heterocycles. The first-order chi connectivity index (χ1) is 6.36. The fourth-order valence-corrected chi connectivity index (χ4v) is 2.45. The molecule has 0 aromatic carbocycles. The summed E-state index contributed by atoms with van der Waals surface area (Å²) < 4.78 is 5.43. The second-order valence-electron chi connectivity index (χ2n) is 4.45. The molecular weight excluding hydrogens is 166 g/mol. The van der Waals surface area contributed by atoms with Crippen molar-refractivity contribution in [3.05, 3.63) is 0 Å². The van der Waals surface area contributed by atoms with E-state index in [1.807, 2.05) is 0 Å². The average molecular weight is 181 g/mol. The summed E-state index contributed by atoms with van der Waals surface area (Å²) in [7, 11) is 0. The minimum atomic E-state index is 0.203. The monoisotopic (exact) mass is 181 g/mol. The predicted octanol–water partition coefficient (Wildman–Crippen LogP) is 0.690. The van der Waals surface area contributed by atoms with E-state index in [1.54, 1.807) is 0 Å². The molecular formula is C10H15NO2. The van der Waals surface area contributed by atoms with Gasteiger partial charge in [-0.25, -0.2) is 0 Å². The number of ether oxygens (including phenoxy) is 1. The topological polar surface area (TPSA) is 38.3 Å². The van der Waals surface area contributed by atoms with Gasteiger partial charge in [0.2, 0.25) is 5.91 Å². The highest BCUT2D eigenvalue weighted by Gasteiger charge is 2.58. The van der Waals surface area contributed by atoms with Gasteiger partial charge in [0.05, 0.1) is 12.0 Å². The number of amides is 1. The van der Waals surface area contributed by atoms with Gasteiger partial charge in [0.1, 0.15) is 0 Å². The Kier molecular flexibility index (Phi) is 1.62. The van der Waals surface area contributed by atoms with Crippen LogP contribution < -0.4 is 5.32 Å². The van der Waals surface area contributed by atoms with Crippen LogP contribution in [0.5, 0.6) is 0 Å². The molecule has 1 saturated heterocycles. The number of carbonyl (C=O) groups is 1. The van der Waals surface area contributed by atoms with Crippen molar-refractivity contribution in [2.45, 2.75) is 37.8 Å². The van der Waals surface area contributed by atoms with E-state index in [0.29, 0.717) is 12.0 Å². The van der Waals surface area contributed by atoms with E-state index in [2.05, 4.69) is 5.32 Å². The first-order valence-corrected chi connectivity index (χ1v) is 5.28. The maximum Gasteiger partial charge on any atom is 0.226 e. The van der Waals surface area contributed by atoms with Gasteiger partial charge in [0.25, 0.3) is 0 Å². The number of carbonyl (C=O) groups excluding carboxylic acids is 1. The van der Waals surface area contributed by atoms with Crippen LogP contribution in [-0.4, -0.2) is 24.7 Å². The third-order valence-electron chi connectivity index (χ3n) is 3.61. The van der Waals surface area contributed by atoms with Crippen molar-refractivity contribution in [2.75, 3.05) is 6.61 Å². The smallest absolute Gasteiger partial charge is 0.226 e. The van der Waals surface area contributed by atoms with Crippen molar-refractivity contribution < 1.29 is 9.53 Å². The summed E-state index contributed by atoms with van der Waals surface area (Å²) in [4.78, 5) is 11.6. The van der Waals surface area contributed by atoms with Crippen molar-refractivity contribution in [2.24, 2.45) is 11.8 Å². The molecule has 3 atom stereocenters. The number of hydrogen-bond acceptors (Lipinski definition) is 2. The van der Waals surface area contributed by atoms with Gasteiger partial charge < -0.3 is 10.1 Å². The standard InChI is InChI=1S/C10H15NO2/c12-10(11-6-2-1-3-6)8-7-4-5-13-9(7)8/h6-9H,1-5H2,(H,11,12). The number of nitrogens with one attached hydrogen (secondary N) is 1. The zero-order valence-corrected chi connectivity index (χ0v) is 7.66. The Labute approximate surface area is 77.8 Å². The third kappa shape index (κ3) is 1.17. The highest BCUT2D eigenvalue weighted by Crippen LogP contribution is 2.49. The van der Waals surface area contributed by atoms with Gasteiger partial charge in [-0.15, -0.1) is 0 Å². The minimum Gasteiger partial charge on any atom is -0.377 e. The van der Waals surface area contributed by atoms with E-state index >= 15 is 0 Å². The van der Waals surface area contributed by atoms with E-state index in [1.165, 1.54) is 19.3 Å². The predicted molar refractivity (Wildman–Crippen MR) is 47.1 cm³/mol. The van der Waals surface area contributed by atoms with Crippen LogP contribution in [0.15, 0.2) is 0 Å². The molecule has 1 heterocycles. The number of rotatable bonds is 2. The van der Waals surface area contributed by atoms with Crippen molar-refractivity contribution in [1.29, 1.82) is 0 Å². The van der Waals surface area contributed by atoms with Crippen molar-refractivity contribution in [3.63, 3.8) is 0 Å². The lowest BCUT2D eigenvalue weighted by Crippen LogP contribution is -2.41. The van der Waals surface area contributed by atoms with E-state index < -0.39 is 0 Å². The number of fused-ring (bicyclic) bond motifs is 1. The first-order valence-electron chi connectivity index (χ1n) is 5.28. The molecule has 13 heavy (non-hydrogen) atoms. The molecule has 3 rings (SSSR count). The van der Waals surface area contributed by atoms with Crippen LogP contribution in [0, 0.1) is 11.8 Å². The highest BCUT2D eigenvalue weighted by atomic mass is 16.5. The molecule has 72 valence electrons. The highest BCUT2D eigenvalue weighted by molar-refractivity contribution is 5.83. The quantitative estimate of drug-likeness (QED) is 0.680. The first kappa shape index (κ1) is 7.80. The van der Waals surface area contributed by atoms with E-state index in [0.717, 1.165) is 13.0 Å². The molecule has 0 aromatic heterocycles. The molecule has 0 bridgehead atoms. The molecule has 3 unspecified atom stereocenters. The molecule has 1 N–H and O–H groups in total. The second-order valence-corrected chi connectivity index (χ2v) is 4.45. The van der Waals surface area contributed by atoms with Gasteiger partial charge in [-0.3, -0.25) is 4.79 Å². The van der Waals surface area contributed by atoms with Gasteiger partial charge in [-0.1, -0.05) is 0 Å². The zero-order chi connectivity index (χ0) is 8.84. The normalized spacial score (nSPS) is 42.3. The molecule has 0 aromatic rings. The summed E-state index contributed by atoms with van der Waals surface area (Å²) in [5.41, 5.74) is 0. The van der Waals surface area contributed by atoms with Crippen LogP contribution in [-0.2, 0) is 9.53 Å². The molecule has 2 saturated carbocycles. The van der Waals surface area contributed by atoms with Crippen LogP contribution in [0.4, 0.5) is 0 Å². The Morgan fingerprint density at radius 2 is 2.15 bits per heavy atom. The van der Waals surface area contributed by atoms with Gasteiger partial charge in [0.15, 0.2) is 0 Å². The maximum atomic E-state index is 11.6. The van der Waals surface area contributed by atoms with E-state index in [-0.39, 0.29) is 17.9 Å². The van der Waals surface area contributed by atoms with Crippen LogP contribution >= 0.6 is 0 Å². The molecule has 3 heteroatoms. The molecule has 3 fully saturated rings. The van der Waals surface area contributed by atoms with Crippen molar-refractivity contribution in [3.8, 4) is 0 Å².